The van der Waals surface area contributed by atoms with Gasteiger partial charge < -0.3 is 10.1 Å². The molecule has 0 unspecified atom stereocenters. The van der Waals surface area contributed by atoms with Crippen LogP contribution < -0.4 is 10.9 Å². The first-order chi connectivity index (χ1) is 20.9. The predicted octanol–water partition coefficient (Wildman–Crippen LogP) is 5.68. The van der Waals surface area contributed by atoms with E-state index in [2.05, 4.69) is 53.6 Å². The van der Waals surface area contributed by atoms with Crippen molar-refractivity contribution in [3.8, 4) is 0 Å². The Balaban J connectivity index is 1.28. The van der Waals surface area contributed by atoms with Crippen molar-refractivity contribution in [3.05, 3.63) is 92.6 Å². The van der Waals surface area contributed by atoms with Gasteiger partial charge in [-0.05, 0) is 48.8 Å². The monoisotopic (exact) mass is 615 g/mol. The average molecular weight is 616 g/mol. The highest BCUT2D eigenvalue weighted by Gasteiger charge is 2.30. The molecule has 1 aliphatic heterocycles. The molecule has 4 heterocycles. The van der Waals surface area contributed by atoms with Crippen LogP contribution in [0.4, 0.5) is 0 Å². The lowest BCUT2D eigenvalue weighted by molar-refractivity contribution is -0.119. The Morgan fingerprint density at radius 1 is 1.05 bits per heavy atom. The summed E-state index contributed by atoms with van der Waals surface area (Å²) >= 11 is 2.93. The van der Waals surface area contributed by atoms with Crippen LogP contribution >= 0.6 is 23.1 Å². The van der Waals surface area contributed by atoms with Crippen LogP contribution in [0, 0.1) is 5.92 Å². The summed E-state index contributed by atoms with van der Waals surface area (Å²) < 4.78 is 9.89. The molecule has 6 rings (SSSR count). The second-order valence-electron chi connectivity index (χ2n) is 11.6. The SMILES string of the molecule is CC(C)[C@@H]1Cc2c(sc3c2c(=O)n(CCc2ccccc2)c2nnc(SCC(=O)N[C@@H](C)CCc4ccccc4)n32)CO1. The number of nitrogens with one attached hydrogen (secondary N) is 1. The maximum atomic E-state index is 14.1. The Bertz CT molecular complexity index is 1780. The number of thiophene rings is 1. The maximum Gasteiger partial charge on any atom is 0.263 e. The highest BCUT2D eigenvalue weighted by molar-refractivity contribution is 7.99. The lowest BCUT2D eigenvalue weighted by atomic mass is 9.96. The summed E-state index contributed by atoms with van der Waals surface area (Å²) in [5, 5.41) is 13.5. The van der Waals surface area contributed by atoms with Gasteiger partial charge in [-0.15, -0.1) is 21.5 Å². The standard InChI is InChI=1S/C33H37N5O3S2/c1-21(2)26-18-25-27(19-41-26)43-31-29(25)30(40)37(17-16-24-12-8-5-9-13-24)32-35-36-33(38(31)32)42-20-28(39)34-22(3)14-15-23-10-6-4-7-11-23/h4-13,21-22,26H,14-20H2,1-3H3,(H,34,39)/t22-,26-/m0/s1. The highest BCUT2D eigenvalue weighted by atomic mass is 32.2. The van der Waals surface area contributed by atoms with Gasteiger partial charge in [-0.1, -0.05) is 86.3 Å². The molecule has 1 aliphatic rings. The number of ether oxygens (including phenoxy) is 1. The first-order valence-electron chi connectivity index (χ1n) is 14.9. The lowest BCUT2D eigenvalue weighted by Gasteiger charge is -2.26. The molecule has 43 heavy (non-hydrogen) atoms. The van der Waals surface area contributed by atoms with E-state index in [0.717, 1.165) is 39.1 Å². The first-order valence-corrected chi connectivity index (χ1v) is 16.7. The summed E-state index contributed by atoms with van der Waals surface area (Å²) in [5.41, 5.74) is 3.47. The van der Waals surface area contributed by atoms with Crippen molar-refractivity contribution in [2.75, 3.05) is 5.75 Å². The molecule has 2 atom stereocenters. The van der Waals surface area contributed by atoms with Gasteiger partial charge in [0.15, 0.2) is 5.16 Å². The summed E-state index contributed by atoms with van der Waals surface area (Å²) in [5.74, 6) is 1.02. The number of aromatic nitrogens is 4. The molecule has 1 amide bonds. The summed E-state index contributed by atoms with van der Waals surface area (Å²) in [6.07, 6.45) is 3.25. The number of carbonyl (C=O) groups is 1. The first kappa shape index (κ1) is 29.6. The van der Waals surface area contributed by atoms with Crippen LogP contribution in [0.3, 0.4) is 0 Å². The van der Waals surface area contributed by atoms with Crippen LogP contribution in [0.2, 0.25) is 0 Å². The van der Waals surface area contributed by atoms with E-state index in [0.29, 0.717) is 42.8 Å². The normalized spacial score (nSPS) is 15.7. The van der Waals surface area contributed by atoms with Crippen molar-refractivity contribution < 1.29 is 9.53 Å². The van der Waals surface area contributed by atoms with Gasteiger partial charge >= 0.3 is 0 Å². The second-order valence-corrected chi connectivity index (χ2v) is 13.6. The molecule has 0 aliphatic carbocycles. The van der Waals surface area contributed by atoms with E-state index in [9.17, 15) is 9.59 Å². The molecular formula is C33H37N5O3S2. The molecule has 3 aromatic heterocycles. The average Bonchev–Trinajstić information content (AvgIpc) is 3.61. The minimum Gasteiger partial charge on any atom is -0.372 e. The van der Waals surface area contributed by atoms with Gasteiger partial charge in [0, 0.05) is 23.9 Å². The summed E-state index contributed by atoms with van der Waals surface area (Å²) in [4.78, 5) is 29.0. The van der Waals surface area contributed by atoms with E-state index in [1.807, 2.05) is 47.7 Å². The third kappa shape index (κ3) is 6.41. The van der Waals surface area contributed by atoms with Crippen LogP contribution in [0.15, 0.2) is 70.6 Å². The molecule has 0 radical (unpaired) electrons. The number of benzene rings is 2. The molecule has 5 aromatic rings. The van der Waals surface area contributed by atoms with Crippen LogP contribution in [-0.4, -0.2) is 43.0 Å². The van der Waals surface area contributed by atoms with Crippen LogP contribution in [0.1, 0.15) is 48.8 Å². The number of carbonyl (C=O) groups excluding carboxylic acids is 1. The Morgan fingerprint density at radius 3 is 2.44 bits per heavy atom. The molecule has 0 fully saturated rings. The van der Waals surface area contributed by atoms with Gasteiger partial charge in [0.05, 0.1) is 23.8 Å². The number of nitrogens with zero attached hydrogens (tertiary/aromatic N) is 4. The van der Waals surface area contributed by atoms with Crippen molar-refractivity contribution >= 4 is 45.0 Å². The molecule has 0 spiro atoms. The Labute approximate surface area is 259 Å². The number of thioether (sulfide) groups is 1. The Morgan fingerprint density at radius 2 is 1.74 bits per heavy atom. The van der Waals surface area contributed by atoms with Crippen LogP contribution in [-0.2, 0) is 41.9 Å². The quantitative estimate of drug-likeness (QED) is 0.193. The Hall–Kier alpha value is -3.47. The zero-order valence-electron chi connectivity index (χ0n) is 24.8. The Kier molecular flexibility index (Phi) is 8.97. The zero-order chi connectivity index (χ0) is 29.9. The van der Waals surface area contributed by atoms with Crippen LogP contribution in [0.25, 0.3) is 16.0 Å². The second kappa shape index (κ2) is 13.0. The van der Waals surface area contributed by atoms with E-state index >= 15 is 0 Å². The minimum atomic E-state index is -0.0467. The third-order valence-corrected chi connectivity index (χ3v) is 10.2. The fourth-order valence-corrected chi connectivity index (χ4v) is 7.69. The molecule has 224 valence electrons. The van der Waals surface area contributed by atoms with Crippen molar-refractivity contribution in [2.45, 2.75) is 76.9 Å². The number of hydrogen-bond donors (Lipinski definition) is 1. The third-order valence-electron chi connectivity index (χ3n) is 8.08. The summed E-state index contributed by atoms with van der Waals surface area (Å²) in [7, 11) is 0. The summed E-state index contributed by atoms with van der Waals surface area (Å²) in [6.45, 7) is 7.33. The number of amides is 1. The number of fused-ring (bicyclic) bond motifs is 5. The van der Waals surface area contributed by atoms with Crippen LogP contribution in [0.5, 0.6) is 0 Å². The van der Waals surface area contributed by atoms with E-state index in [4.69, 9.17) is 4.74 Å². The molecule has 0 saturated heterocycles. The molecule has 2 aromatic carbocycles. The maximum absolute atomic E-state index is 14.1. The van der Waals surface area contributed by atoms with Gasteiger partial charge in [-0.2, -0.15) is 0 Å². The van der Waals surface area contributed by atoms with Crippen molar-refractivity contribution in [1.82, 2.24) is 24.5 Å². The molecule has 0 saturated carbocycles. The minimum absolute atomic E-state index is 0.0331. The van der Waals surface area contributed by atoms with Crippen molar-refractivity contribution in [3.63, 3.8) is 0 Å². The topological polar surface area (TPSA) is 90.5 Å². The van der Waals surface area contributed by atoms with Gasteiger partial charge in [0.2, 0.25) is 11.7 Å². The van der Waals surface area contributed by atoms with Gasteiger partial charge in [0.1, 0.15) is 4.83 Å². The van der Waals surface area contributed by atoms with E-state index < -0.39 is 0 Å². The summed E-state index contributed by atoms with van der Waals surface area (Å²) in [6, 6.07) is 20.5. The predicted molar refractivity (Wildman–Crippen MR) is 173 cm³/mol. The van der Waals surface area contributed by atoms with Crippen molar-refractivity contribution in [2.24, 2.45) is 5.92 Å². The fourth-order valence-electron chi connectivity index (χ4n) is 5.65. The molecule has 8 nitrogen and oxygen atoms in total. The fraction of sp³-hybridized carbons (Fsp3) is 0.394. The molecule has 1 N–H and O–H groups in total. The number of aryl methyl sites for hydroxylation is 3. The van der Waals surface area contributed by atoms with Gasteiger partial charge in [-0.25, -0.2) is 4.40 Å². The smallest absolute Gasteiger partial charge is 0.263 e. The molecule has 10 heteroatoms. The number of hydrogen-bond acceptors (Lipinski definition) is 7. The highest BCUT2D eigenvalue weighted by Crippen LogP contribution is 2.37. The molecule has 0 bridgehead atoms. The molecular weight excluding hydrogens is 579 g/mol. The number of rotatable bonds is 11. The van der Waals surface area contributed by atoms with Gasteiger partial charge in [-0.3, -0.25) is 14.2 Å². The van der Waals surface area contributed by atoms with E-state index in [1.165, 1.54) is 17.3 Å². The van der Waals surface area contributed by atoms with E-state index in [-0.39, 0.29) is 29.4 Å². The lowest BCUT2D eigenvalue weighted by Crippen LogP contribution is -2.34. The van der Waals surface area contributed by atoms with Gasteiger partial charge in [0.25, 0.3) is 5.56 Å². The van der Waals surface area contributed by atoms with Crippen molar-refractivity contribution in [1.29, 1.82) is 0 Å². The zero-order valence-corrected chi connectivity index (χ0v) is 26.4. The van der Waals surface area contributed by atoms with E-state index in [1.54, 1.807) is 15.9 Å². The largest absolute Gasteiger partial charge is 0.372 e.